The molecule has 1 N–H and O–H groups in total. The van der Waals surface area contributed by atoms with E-state index in [2.05, 4.69) is 39.9 Å². The number of benzene rings is 1. The third-order valence-corrected chi connectivity index (χ3v) is 4.02. The zero-order valence-corrected chi connectivity index (χ0v) is 13.5. The normalized spacial score (nSPS) is 12.1. The van der Waals surface area contributed by atoms with Gasteiger partial charge in [-0.05, 0) is 38.0 Å². The number of rotatable bonds is 5. The molecule has 0 radical (unpaired) electrons. The Bertz CT molecular complexity index is 441. The maximum atomic E-state index is 11.2. The van der Waals surface area contributed by atoms with Crippen LogP contribution in [0.15, 0.2) is 24.3 Å². The Morgan fingerprint density at radius 2 is 1.65 bits per heavy atom. The minimum Gasteiger partial charge on any atom is -0.487 e. The molecule has 3 nitrogen and oxygen atoms in total. The molecular weight excluding hydrogens is 250 g/mol. The summed E-state index contributed by atoms with van der Waals surface area (Å²) in [5, 5.41) is 2.63. The van der Waals surface area contributed by atoms with E-state index in [1.54, 1.807) is 7.05 Å². The second kappa shape index (κ2) is 6.29. The second-order valence-corrected chi connectivity index (χ2v) is 6.68. The van der Waals surface area contributed by atoms with Crippen molar-refractivity contribution in [3.8, 4) is 5.75 Å². The van der Waals surface area contributed by atoms with E-state index in [9.17, 15) is 4.79 Å². The molecule has 0 aliphatic rings. The predicted molar refractivity (Wildman–Crippen MR) is 83.0 cm³/mol. The van der Waals surface area contributed by atoms with E-state index >= 15 is 0 Å². The van der Waals surface area contributed by atoms with Crippen LogP contribution in [-0.2, 0) is 11.2 Å². The van der Waals surface area contributed by atoms with E-state index in [4.69, 9.17) is 4.74 Å². The average molecular weight is 277 g/mol. The van der Waals surface area contributed by atoms with Gasteiger partial charge in [0.2, 0.25) is 5.91 Å². The van der Waals surface area contributed by atoms with Crippen LogP contribution in [0, 0.1) is 5.41 Å². The van der Waals surface area contributed by atoms with Crippen molar-refractivity contribution in [2.75, 3.05) is 7.05 Å². The molecule has 0 aliphatic carbocycles. The second-order valence-electron chi connectivity index (χ2n) is 6.68. The standard InChI is InChI=1S/C17H27NO2/c1-16(2,3)17(4,5)20-14-10-7-13(8-11-14)9-12-15(19)18-6/h7-8,10-11H,9,12H2,1-6H3,(H,18,19). The zero-order chi connectivity index (χ0) is 15.4. The van der Waals surface area contributed by atoms with Crippen molar-refractivity contribution in [3.05, 3.63) is 29.8 Å². The summed E-state index contributed by atoms with van der Waals surface area (Å²) in [5.74, 6) is 0.938. The maximum Gasteiger partial charge on any atom is 0.220 e. The van der Waals surface area contributed by atoms with E-state index in [1.165, 1.54) is 0 Å². The molecule has 0 saturated heterocycles. The average Bonchev–Trinajstić information content (AvgIpc) is 2.35. The number of amides is 1. The molecule has 1 aromatic carbocycles. The van der Waals surface area contributed by atoms with Crippen LogP contribution in [0.2, 0.25) is 0 Å². The van der Waals surface area contributed by atoms with Gasteiger partial charge in [-0.25, -0.2) is 0 Å². The highest BCUT2D eigenvalue weighted by Crippen LogP contribution is 2.34. The fraction of sp³-hybridized carbons (Fsp3) is 0.588. The SMILES string of the molecule is CNC(=O)CCc1ccc(OC(C)(C)C(C)(C)C)cc1. The Morgan fingerprint density at radius 1 is 1.10 bits per heavy atom. The van der Waals surface area contributed by atoms with Crippen molar-refractivity contribution in [2.24, 2.45) is 5.41 Å². The molecule has 0 aliphatic heterocycles. The summed E-state index contributed by atoms with van der Waals surface area (Å²) in [6, 6.07) is 8.01. The molecule has 0 heterocycles. The first-order chi connectivity index (χ1) is 9.15. The minimum absolute atomic E-state index is 0.0604. The van der Waals surface area contributed by atoms with E-state index in [-0.39, 0.29) is 16.9 Å². The predicted octanol–water partition coefficient (Wildman–Crippen LogP) is 3.57. The molecule has 1 amide bonds. The van der Waals surface area contributed by atoms with Gasteiger partial charge in [-0.1, -0.05) is 32.9 Å². The van der Waals surface area contributed by atoms with Crippen LogP contribution in [0.25, 0.3) is 0 Å². The number of hydrogen-bond acceptors (Lipinski definition) is 2. The highest BCUT2D eigenvalue weighted by molar-refractivity contribution is 5.75. The van der Waals surface area contributed by atoms with Gasteiger partial charge in [0.05, 0.1) is 0 Å². The van der Waals surface area contributed by atoms with Crippen molar-refractivity contribution in [2.45, 2.75) is 53.1 Å². The Morgan fingerprint density at radius 3 is 2.10 bits per heavy atom. The minimum atomic E-state index is -0.239. The van der Waals surface area contributed by atoms with Crippen LogP contribution in [-0.4, -0.2) is 18.6 Å². The molecule has 1 rings (SSSR count). The Hall–Kier alpha value is -1.51. The number of nitrogens with one attached hydrogen (secondary N) is 1. The maximum absolute atomic E-state index is 11.2. The summed E-state index contributed by atoms with van der Waals surface area (Å²) in [7, 11) is 1.66. The summed E-state index contributed by atoms with van der Waals surface area (Å²) in [4.78, 5) is 11.2. The third-order valence-electron chi connectivity index (χ3n) is 4.02. The van der Waals surface area contributed by atoms with E-state index in [1.807, 2.05) is 24.3 Å². The van der Waals surface area contributed by atoms with Crippen LogP contribution in [0.5, 0.6) is 5.75 Å². The number of ether oxygens (including phenoxy) is 1. The number of hydrogen-bond donors (Lipinski definition) is 1. The molecule has 0 aromatic heterocycles. The lowest BCUT2D eigenvalue weighted by atomic mass is 9.79. The molecule has 3 heteroatoms. The van der Waals surface area contributed by atoms with Gasteiger partial charge in [0.15, 0.2) is 0 Å². The van der Waals surface area contributed by atoms with Crippen molar-refractivity contribution in [1.29, 1.82) is 0 Å². The van der Waals surface area contributed by atoms with Gasteiger partial charge in [-0.2, -0.15) is 0 Å². The number of carbonyl (C=O) groups is 1. The zero-order valence-electron chi connectivity index (χ0n) is 13.5. The summed E-state index contributed by atoms with van der Waals surface area (Å²) >= 11 is 0. The summed E-state index contributed by atoms with van der Waals surface area (Å²) < 4.78 is 6.09. The van der Waals surface area contributed by atoms with Gasteiger partial charge in [-0.15, -0.1) is 0 Å². The van der Waals surface area contributed by atoms with Gasteiger partial charge in [-0.3, -0.25) is 4.79 Å². The van der Waals surface area contributed by atoms with Crippen LogP contribution in [0.4, 0.5) is 0 Å². The third kappa shape index (κ3) is 4.55. The van der Waals surface area contributed by atoms with Crippen LogP contribution >= 0.6 is 0 Å². The molecule has 20 heavy (non-hydrogen) atoms. The van der Waals surface area contributed by atoms with Crippen LogP contribution in [0.3, 0.4) is 0 Å². The molecule has 0 unspecified atom stereocenters. The van der Waals surface area contributed by atoms with Gasteiger partial charge < -0.3 is 10.1 Å². The molecule has 1 aromatic rings. The Balaban J connectivity index is 2.65. The molecule has 0 fully saturated rings. The largest absolute Gasteiger partial charge is 0.487 e. The Kier molecular flexibility index (Phi) is 5.21. The van der Waals surface area contributed by atoms with Gasteiger partial charge in [0.25, 0.3) is 0 Å². The first-order valence-electron chi connectivity index (χ1n) is 7.14. The summed E-state index contributed by atoms with van der Waals surface area (Å²) in [6.07, 6.45) is 1.27. The summed E-state index contributed by atoms with van der Waals surface area (Å²) in [5.41, 5.74) is 0.969. The molecule has 0 atom stereocenters. The van der Waals surface area contributed by atoms with Crippen molar-refractivity contribution >= 4 is 5.91 Å². The first kappa shape index (κ1) is 16.5. The topological polar surface area (TPSA) is 38.3 Å². The smallest absolute Gasteiger partial charge is 0.220 e. The lowest BCUT2D eigenvalue weighted by Crippen LogP contribution is -2.42. The van der Waals surface area contributed by atoms with Gasteiger partial charge in [0, 0.05) is 18.9 Å². The highest BCUT2D eigenvalue weighted by Gasteiger charge is 2.34. The van der Waals surface area contributed by atoms with Crippen molar-refractivity contribution in [3.63, 3.8) is 0 Å². The van der Waals surface area contributed by atoms with Crippen LogP contribution in [0.1, 0.15) is 46.6 Å². The van der Waals surface area contributed by atoms with Crippen LogP contribution < -0.4 is 10.1 Å². The van der Waals surface area contributed by atoms with Crippen molar-refractivity contribution in [1.82, 2.24) is 5.32 Å². The number of aryl methyl sites for hydroxylation is 1. The van der Waals surface area contributed by atoms with E-state index < -0.39 is 0 Å². The van der Waals surface area contributed by atoms with E-state index in [0.29, 0.717) is 6.42 Å². The van der Waals surface area contributed by atoms with Gasteiger partial charge >= 0.3 is 0 Å². The lowest BCUT2D eigenvalue weighted by molar-refractivity contribution is -0.120. The molecule has 0 saturated carbocycles. The summed E-state index contributed by atoms with van der Waals surface area (Å²) in [6.45, 7) is 10.7. The molecule has 0 spiro atoms. The monoisotopic (exact) mass is 277 g/mol. The molecule has 112 valence electrons. The van der Waals surface area contributed by atoms with Gasteiger partial charge in [0.1, 0.15) is 11.4 Å². The highest BCUT2D eigenvalue weighted by atomic mass is 16.5. The molecular formula is C17H27NO2. The molecule has 0 bridgehead atoms. The lowest BCUT2D eigenvalue weighted by Gasteiger charge is -2.39. The Labute approximate surface area is 122 Å². The van der Waals surface area contributed by atoms with Crippen molar-refractivity contribution < 1.29 is 9.53 Å². The quantitative estimate of drug-likeness (QED) is 0.893. The fourth-order valence-electron chi connectivity index (χ4n) is 1.55. The number of carbonyl (C=O) groups excluding carboxylic acids is 1. The first-order valence-corrected chi connectivity index (χ1v) is 7.14. The van der Waals surface area contributed by atoms with E-state index in [0.717, 1.165) is 17.7 Å². The fourth-order valence-corrected chi connectivity index (χ4v) is 1.55.